The van der Waals surface area contributed by atoms with Gasteiger partial charge in [0.2, 0.25) is 0 Å². The SMILES string of the molecule is NC(CCl)=Nc1ccc2c(c1)C(O)CC(C(F)(F)F)O2. The van der Waals surface area contributed by atoms with Crippen LogP contribution in [-0.4, -0.2) is 29.1 Å². The molecular weight excluding hydrogens is 297 g/mol. The lowest BCUT2D eigenvalue weighted by atomic mass is 9.98. The molecule has 2 rings (SSSR count). The fraction of sp³-hybridized carbons (Fsp3) is 0.417. The second-order valence-corrected chi connectivity index (χ2v) is 4.63. The van der Waals surface area contributed by atoms with E-state index in [9.17, 15) is 18.3 Å². The van der Waals surface area contributed by atoms with E-state index in [4.69, 9.17) is 22.1 Å². The molecule has 20 heavy (non-hydrogen) atoms. The molecular formula is C12H12ClF3N2O2. The molecule has 0 radical (unpaired) electrons. The monoisotopic (exact) mass is 308 g/mol. The number of fused-ring (bicyclic) bond motifs is 1. The van der Waals surface area contributed by atoms with Crippen molar-refractivity contribution in [1.82, 2.24) is 0 Å². The maximum atomic E-state index is 12.6. The zero-order valence-electron chi connectivity index (χ0n) is 10.2. The van der Waals surface area contributed by atoms with Gasteiger partial charge in [0.15, 0.2) is 6.10 Å². The van der Waals surface area contributed by atoms with Gasteiger partial charge in [0.1, 0.15) is 11.6 Å². The van der Waals surface area contributed by atoms with Gasteiger partial charge in [-0.05, 0) is 18.2 Å². The van der Waals surface area contributed by atoms with Crippen LogP contribution < -0.4 is 10.5 Å². The van der Waals surface area contributed by atoms with Crippen LogP contribution in [0.15, 0.2) is 23.2 Å². The Morgan fingerprint density at radius 1 is 1.50 bits per heavy atom. The van der Waals surface area contributed by atoms with E-state index in [1.807, 2.05) is 0 Å². The number of nitrogens with zero attached hydrogens (tertiary/aromatic N) is 1. The first-order valence-corrected chi connectivity index (χ1v) is 6.29. The number of hydrogen-bond acceptors (Lipinski definition) is 3. The van der Waals surface area contributed by atoms with Gasteiger partial charge in [0.05, 0.1) is 17.7 Å². The molecule has 8 heteroatoms. The third-order valence-corrected chi connectivity index (χ3v) is 3.11. The number of rotatable bonds is 2. The van der Waals surface area contributed by atoms with Gasteiger partial charge < -0.3 is 15.6 Å². The highest BCUT2D eigenvalue weighted by Gasteiger charge is 2.45. The molecule has 1 aliphatic heterocycles. The van der Waals surface area contributed by atoms with Crippen molar-refractivity contribution in [1.29, 1.82) is 0 Å². The Morgan fingerprint density at radius 3 is 2.80 bits per heavy atom. The molecule has 2 atom stereocenters. The number of aliphatic imine (C=N–C) groups is 1. The van der Waals surface area contributed by atoms with Crippen molar-refractivity contribution in [3.05, 3.63) is 23.8 Å². The third-order valence-electron chi connectivity index (χ3n) is 2.83. The summed E-state index contributed by atoms with van der Waals surface area (Å²) in [5, 5.41) is 9.83. The smallest absolute Gasteiger partial charge is 0.425 e. The number of aliphatic hydroxyl groups is 1. The summed E-state index contributed by atoms with van der Waals surface area (Å²) in [6.07, 6.45) is -8.34. The molecule has 1 heterocycles. The fourth-order valence-corrected chi connectivity index (χ4v) is 1.96. The van der Waals surface area contributed by atoms with E-state index >= 15 is 0 Å². The lowest BCUT2D eigenvalue weighted by Crippen LogP contribution is -2.38. The molecule has 1 aromatic carbocycles. The maximum absolute atomic E-state index is 12.6. The number of aliphatic hydroxyl groups excluding tert-OH is 1. The Kier molecular flexibility index (Phi) is 4.10. The molecule has 0 fully saturated rings. The number of benzene rings is 1. The summed E-state index contributed by atoms with van der Waals surface area (Å²) in [5.41, 5.74) is 6.13. The van der Waals surface area contributed by atoms with Gasteiger partial charge in [0, 0.05) is 12.0 Å². The predicted molar refractivity (Wildman–Crippen MR) is 68.5 cm³/mol. The van der Waals surface area contributed by atoms with E-state index in [0.29, 0.717) is 5.69 Å². The quantitative estimate of drug-likeness (QED) is 0.501. The molecule has 0 bridgehead atoms. The number of hydrogen-bond donors (Lipinski definition) is 2. The Hall–Kier alpha value is -1.47. The third kappa shape index (κ3) is 3.16. The summed E-state index contributed by atoms with van der Waals surface area (Å²) in [6.45, 7) is 0. The molecule has 110 valence electrons. The van der Waals surface area contributed by atoms with Crippen molar-refractivity contribution in [3.8, 4) is 5.75 Å². The van der Waals surface area contributed by atoms with Crippen LogP contribution in [0.4, 0.5) is 18.9 Å². The number of amidine groups is 1. The van der Waals surface area contributed by atoms with Crippen LogP contribution in [-0.2, 0) is 0 Å². The first-order chi connectivity index (χ1) is 9.31. The van der Waals surface area contributed by atoms with Crippen LogP contribution in [0, 0.1) is 0 Å². The van der Waals surface area contributed by atoms with E-state index in [2.05, 4.69) is 4.99 Å². The highest BCUT2D eigenvalue weighted by molar-refractivity contribution is 6.28. The maximum Gasteiger partial charge on any atom is 0.425 e. The van der Waals surface area contributed by atoms with Gasteiger partial charge in [-0.15, -0.1) is 11.6 Å². The Bertz CT molecular complexity index is 534. The normalized spacial score (nSPS) is 23.1. The minimum Gasteiger partial charge on any atom is -0.480 e. The van der Waals surface area contributed by atoms with Gasteiger partial charge in [-0.2, -0.15) is 13.2 Å². The topological polar surface area (TPSA) is 67.8 Å². The van der Waals surface area contributed by atoms with E-state index in [1.54, 1.807) is 0 Å². The second-order valence-electron chi connectivity index (χ2n) is 4.36. The van der Waals surface area contributed by atoms with Crippen LogP contribution in [0.25, 0.3) is 0 Å². The molecule has 0 saturated heterocycles. The molecule has 2 unspecified atom stereocenters. The summed E-state index contributed by atoms with van der Waals surface area (Å²) in [5.74, 6) is 0.201. The standard InChI is InChI=1S/C12H12ClF3N2O2/c13-5-11(17)18-6-1-2-9-7(3-6)8(19)4-10(20-9)12(14,15)16/h1-3,8,10,19H,4-5H2,(H2,17,18). The highest BCUT2D eigenvalue weighted by Crippen LogP contribution is 2.41. The molecule has 4 nitrogen and oxygen atoms in total. The van der Waals surface area contributed by atoms with Crippen LogP contribution >= 0.6 is 11.6 Å². The molecule has 0 aliphatic carbocycles. The summed E-state index contributed by atoms with van der Waals surface area (Å²) >= 11 is 5.49. The van der Waals surface area contributed by atoms with E-state index in [0.717, 1.165) is 0 Å². The Balaban J connectivity index is 2.31. The van der Waals surface area contributed by atoms with Crippen molar-refractivity contribution >= 4 is 23.1 Å². The van der Waals surface area contributed by atoms with Gasteiger partial charge in [0.25, 0.3) is 0 Å². The second kappa shape index (κ2) is 5.49. The van der Waals surface area contributed by atoms with E-state index in [1.165, 1.54) is 18.2 Å². The average molecular weight is 309 g/mol. The van der Waals surface area contributed by atoms with Crippen LogP contribution in [0.3, 0.4) is 0 Å². The summed E-state index contributed by atoms with van der Waals surface area (Å²) < 4.78 is 42.7. The van der Waals surface area contributed by atoms with Crippen molar-refractivity contribution in [2.24, 2.45) is 10.7 Å². The average Bonchev–Trinajstić information content (AvgIpc) is 2.38. The number of ether oxygens (including phenoxy) is 1. The van der Waals surface area contributed by atoms with Gasteiger partial charge in [-0.3, -0.25) is 0 Å². The fourth-order valence-electron chi connectivity index (χ4n) is 1.90. The van der Waals surface area contributed by atoms with Crippen LogP contribution in [0.5, 0.6) is 5.75 Å². The Morgan fingerprint density at radius 2 is 2.20 bits per heavy atom. The minimum atomic E-state index is -4.52. The number of alkyl halides is 4. The highest BCUT2D eigenvalue weighted by atomic mass is 35.5. The van der Waals surface area contributed by atoms with Crippen molar-refractivity contribution in [3.63, 3.8) is 0 Å². The van der Waals surface area contributed by atoms with Crippen LogP contribution in [0.1, 0.15) is 18.1 Å². The lowest BCUT2D eigenvalue weighted by molar-refractivity contribution is -0.207. The molecule has 3 N–H and O–H groups in total. The number of nitrogens with two attached hydrogens (primary N) is 1. The zero-order valence-corrected chi connectivity index (χ0v) is 10.9. The Labute approximate surface area is 118 Å². The summed E-state index contributed by atoms with van der Waals surface area (Å²) in [4.78, 5) is 3.96. The predicted octanol–water partition coefficient (Wildman–Crippen LogP) is 2.66. The molecule has 0 amide bonds. The van der Waals surface area contributed by atoms with E-state index in [-0.39, 0.29) is 23.0 Å². The van der Waals surface area contributed by atoms with E-state index < -0.39 is 24.8 Å². The van der Waals surface area contributed by atoms with Crippen molar-refractivity contribution in [2.75, 3.05) is 5.88 Å². The van der Waals surface area contributed by atoms with Crippen LogP contribution in [0.2, 0.25) is 0 Å². The van der Waals surface area contributed by atoms with Crippen molar-refractivity contribution in [2.45, 2.75) is 24.8 Å². The van der Waals surface area contributed by atoms with Gasteiger partial charge >= 0.3 is 6.18 Å². The molecule has 0 aromatic heterocycles. The zero-order chi connectivity index (χ0) is 14.9. The largest absolute Gasteiger partial charge is 0.480 e. The summed E-state index contributed by atoms with van der Waals surface area (Å²) in [6, 6.07) is 4.21. The molecule has 0 spiro atoms. The van der Waals surface area contributed by atoms with Gasteiger partial charge in [-0.25, -0.2) is 4.99 Å². The lowest BCUT2D eigenvalue weighted by Gasteiger charge is -2.30. The molecule has 0 saturated carbocycles. The molecule has 1 aromatic rings. The van der Waals surface area contributed by atoms with Gasteiger partial charge in [-0.1, -0.05) is 0 Å². The molecule has 1 aliphatic rings. The minimum absolute atomic E-state index is 0.00512. The number of halogens is 4. The first kappa shape index (κ1) is 14.9. The summed E-state index contributed by atoms with van der Waals surface area (Å²) in [7, 11) is 0. The van der Waals surface area contributed by atoms with Crippen molar-refractivity contribution < 1.29 is 23.0 Å². The first-order valence-electron chi connectivity index (χ1n) is 5.75.